The molecule has 0 heterocycles. The molecule has 0 saturated heterocycles. The van der Waals surface area contributed by atoms with Crippen molar-refractivity contribution >= 4 is 27.5 Å². The minimum Gasteiger partial charge on any atom is -0.378 e. The highest BCUT2D eigenvalue weighted by molar-refractivity contribution is 9.10. The van der Waals surface area contributed by atoms with Crippen molar-refractivity contribution in [3.63, 3.8) is 0 Å². The molecule has 104 valence electrons. The molecule has 0 fully saturated rings. The molecule has 0 aliphatic carbocycles. The number of rotatable bonds is 4. The molecule has 0 unspecified atom stereocenters. The van der Waals surface area contributed by atoms with Gasteiger partial charge in [-0.15, -0.1) is 0 Å². The van der Waals surface area contributed by atoms with Gasteiger partial charge in [-0.05, 0) is 30.3 Å². The molecular formula is C14H11BrF2N2O. The molecule has 20 heavy (non-hydrogen) atoms. The van der Waals surface area contributed by atoms with Gasteiger partial charge in [-0.1, -0.05) is 22.0 Å². The quantitative estimate of drug-likeness (QED) is 0.895. The number of carbonyl (C=O) groups is 1. The highest BCUT2D eigenvalue weighted by Crippen LogP contribution is 2.19. The van der Waals surface area contributed by atoms with Gasteiger partial charge in [0.1, 0.15) is 11.6 Å². The van der Waals surface area contributed by atoms with Crippen LogP contribution in [0, 0.1) is 11.6 Å². The van der Waals surface area contributed by atoms with Crippen LogP contribution in [0.25, 0.3) is 0 Å². The first kappa shape index (κ1) is 14.5. The summed E-state index contributed by atoms with van der Waals surface area (Å²) >= 11 is 3.16. The summed E-state index contributed by atoms with van der Waals surface area (Å²) < 4.78 is 27.8. The number of nitrogens with two attached hydrogens (primary N) is 1. The standard InChI is InChI=1S/C14H11BrF2N2O/c15-10-3-1-9(12(17)6-10)7-19-13-5-8(14(18)20)2-4-11(13)16/h1-6,19H,7H2,(H2,18,20). The number of carbonyl (C=O) groups excluding carboxylic acids is 1. The van der Waals surface area contributed by atoms with E-state index in [9.17, 15) is 13.6 Å². The van der Waals surface area contributed by atoms with E-state index in [1.807, 2.05) is 0 Å². The summed E-state index contributed by atoms with van der Waals surface area (Å²) in [6, 6.07) is 8.34. The van der Waals surface area contributed by atoms with Gasteiger partial charge in [-0.25, -0.2) is 8.78 Å². The maximum atomic E-state index is 13.6. The van der Waals surface area contributed by atoms with Crippen molar-refractivity contribution in [2.45, 2.75) is 6.54 Å². The third-order valence-electron chi connectivity index (χ3n) is 2.74. The van der Waals surface area contributed by atoms with Gasteiger partial charge in [0.05, 0.1) is 5.69 Å². The first-order chi connectivity index (χ1) is 9.47. The van der Waals surface area contributed by atoms with Crippen molar-refractivity contribution in [1.29, 1.82) is 0 Å². The smallest absolute Gasteiger partial charge is 0.248 e. The van der Waals surface area contributed by atoms with Gasteiger partial charge in [0.15, 0.2) is 0 Å². The van der Waals surface area contributed by atoms with Crippen LogP contribution < -0.4 is 11.1 Å². The summed E-state index contributed by atoms with van der Waals surface area (Å²) in [4.78, 5) is 11.0. The number of amides is 1. The lowest BCUT2D eigenvalue weighted by atomic mass is 10.1. The Labute approximate surface area is 122 Å². The first-order valence-corrected chi connectivity index (χ1v) is 6.54. The Hall–Kier alpha value is -1.95. The second-order valence-corrected chi connectivity index (χ2v) is 5.06. The Kier molecular flexibility index (Phi) is 4.34. The number of hydrogen-bond acceptors (Lipinski definition) is 2. The zero-order valence-corrected chi connectivity index (χ0v) is 11.9. The van der Waals surface area contributed by atoms with Crippen molar-refractivity contribution in [2.24, 2.45) is 5.73 Å². The fourth-order valence-electron chi connectivity index (χ4n) is 1.67. The van der Waals surface area contributed by atoms with Crippen LogP contribution in [0.15, 0.2) is 40.9 Å². The summed E-state index contributed by atoms with van der Waals surface area (Å²) in [6.07, 6.45) is 0. The summed E-state index contributed by atoms with van der Waals surface area (Å²) in [5, 5.41) is 2.75. The Morgan fingerprint density at radius 1 is 1.15 bits per heavy atom. The van der Waals surface area contributed by atoms with Gasteiger partial charge in [0.2, 0.25) is 5.91 Å². The molecule has 0 aromatic heterocycles. The van der Waals surface area contributed by atoms with Crippen molar-refractivity contribution in [3.8, 4) is 0 Å². The van der Waals surface area contributed by atoms with Crippen molar-refractivity contribution < 1.29 is 13.6 Å². The minimum absolute atomic E-state index is 0.0955. The SMILES string of the molecule is NC(=O)c1ccc(F)c(NCc2ccc(Br)cc2F)c1. The zero-order valence-electron chi connectivity index (χ0n) is 10.3. The fraction of sp³-hybridized carbons (Fsp3) is 0.0714. The number of hydrogen-bond donors (Lipinski definition) is 2. The van der Waals surface area contributed by atoms with Crippen molar-refractivity contribution in [3.05, 3.63) is 63.6 Å². The van der Waals surface area contributed by atoms with Gasteiger partial charge in [-0.3, -0.25) is 4.79 Å². The van der Waals surface area contributed by atoms with Crippen LogP contribution in [0.4, 0.5) is 14.5 Å². The molecule has 0 aliphatic heterocycles. The van der Waals surface area contributed by atoms with E-state index in [1.54, 1.807) is 12.1 Å². The molecule has 0 saturated carbocycles. The van der Waals surface area contributed by atoms with Gasteiger partial charge in [-0.2, -0.15) is 0 Å². The zero-order chi connectivity index (χ0) is 14.7. The normalized spacial score (nSPS) is 10.3. The lowest BCUT2D eigenvalue weighted by Crippen LogP contribution is -2.12. The van der Waals surface area contributed by atoms with Gasteiger partial charge >= 0.3 is 0 Å². The molecule has 2 aromatic carbocycles. The largest absolute Gasteiger partial charge is 0.378 e. The fourth-order valence-corrected chi connectivity index (χ4v) is 2.00. The predicted molar refractivity (Wildman–Crippen MR) is 76.3 cm³/mol. The second-order valence-electron chi connectivity index (χ2n) is 4.15. The van der Waals surface area contributed by atoms with E-state index in [0.29, 0.717) is 10.0 Å². The molecular weight excluding hydrogens is 330 g/mol. The van der Waals surface area contributed by atoms with E-state index in [-0.39, 0.29) is 17.8 Å². The average Bonchev–Trinajstić information content (AvgIpc) is 2.39. The van der Waals surface area contributed by atoms with E-state index >= 15 is 0 Å². The average molecular weight is 341 g/mol. The molecule has 0 radical (unpaired) electrons. The van der Waals surface area contributed by atoms with Crippen LogP contribution in [0.3, 0.4) is 0 Å². The molecule has 0 bridgehead atoms. The number of halogens is 3. The van der Waals surface area contributed by atoms with Crippen molar-refractivity contribution in [2.75, 3.05) is 5.32 Å². The van der Waals surface area contributed by atoms with Crippen molar-refractivity contribution in [1.82, 2.24) is 0 Å². The monoisotopic (exact) mass is 340 g/mol. The molecule has 2 aromatic rings. The molecule has 0 aliphatic rings. The summed E-state index contributed by atoms with van der Waals surface area (Å²) in [5.41, 5.74) is 5.80. The Bertz CT molecular complexity index is 662. The molecule has 2 rings (SSSR count). The van der Waals surface area contributed by atoms with Crippen LogP contribution in [-0.4, -0.2) is 5.91 Å². The molecule has 0 atom stereocenters. The Balaban J connectivity index is 2.18. The number of benzene rings is 2. The minimum atomic E-state index is -0.650. The maximum absolute atomic E-state index is 13.6. The van der Waals surface area contributed by atoms with E-state index in [0.717, 1.165) is 6.07 Å². The van der Waals surface area contributed by atoms with Gasteiger partial charge in [0.25, 0.3) is 0 Å². The van der Waals surface area contributed by atoms with Gasteiger partial charge < -0.3 is 11.1 Å². The summed E-state index contributed by atoms with van der Waals surface area (Å²) in [7, 11) is 0. The van der Waals surface area contributed by atoms with Crippen LogP contribution in [0.1, 0.15) is 15.9 Å². The number of nitrogens with one attached hydrogen (secondary N) is 1. The third-order valence-corrected chi connectivity index (χ3v) is 3.23. The molecule has 0 spiro atoms. The lowest BCUT2D eigenvalue weighted by Gasteiger charge is -2.09. The van der Waals surface area contributed by atoms with E-state index in [2.05, 4.69) is 21.2 Å². The lowest BCUT2D eigenvalue weighted by molar-refractivity contribution is 0.100. The summed E-state index contributed by atoms with van der Waals surface area (Å²) in [5.74, 6) is -1.59. The molecule has 3 N–H and O–H groups in total. The number of primary amides is 1. The van der Waals surface area contributed by atoms with Crippen LogP contribution in [-0.2, 0) is 6.54 Å². The summed E-state index contributed by atoms with van der Waals surface area (Å²) in [6.45, 7) is 0.0955. The van der Waals surface area contributed by atoms with Gasteiger partial charge in [0, 0.05) is 22.1 Å². The topological polar surface area (TPSA) is 55.1 Å². The Morgan fingerprint density at radius 3 is 2.55 bits per heavy atom. The van der Waals surface area contributed by atoms with Crippen LogP contribution >= 0.6 is 15.9 Å². The highest BCUT2D eigenvalue weighted by atomic mass is 79.9. The van der Waals surface area contributed by atoms with Crippen LogP contribution in [0.5, 0.6) is 0 Å². The maximum Gasteiger partial charge on any atom is 0.248 e. The van der Waals surface area contributed by atoms with E-state index in [1.165, 1.54) is 18.2 Å². The highest BCUT2D eigenvalue weighted by Gasteiger charge is 2.08. The molecule has 1 amide bonds. The second kappa shape index (κ2) is 6.00. The predicted octanol–water partition coefficient (Wildman–Crippen LogP) is 3.44. The van der Waals surface area contributed by atoms with E-state index < -0.39 is 17.5 Å². The molecule has 3 nitrogen and oxygen atoms in total. The third kappa shape index (κ3) is 3.33. The van der Waals surface area contributed by atoms with E-state index in [4.69, 9.17) is 5.73 Å². The number of anilines is 1. The first-order valence-electron chi connectivity index (χ1n) is 5.74. The molecule has 6 heteroatoms. The van der Waals surface area contributed by atoms with Crippen LogP contribution in [0.2, 0.25) is 0 Å². The Morgan fingerprint density at radius 2 is 1.90 bits per heavy atom.